The molecule has 9 aliphatic rings. The minimum Gasteiger partial charge on any atom is -0.432 e. The van der Waals surface area contributed by atoms with E-state index in [1.807, 2.05) is 6.92 Å². The Bertz CT molecular complexity index is 2340. The quantitative estimate of drug-likeness (QED) is 0.0272. The first-order valence-electron chi connectivity index (χ1n) is 32.7. The highest BCUT2D eigenvalue weighted by atomic mass is 16.8. The van der Waals surface area contributed by atoms with Crippen molar-refractivity contribution in [1.82, 2.24) is 0 Å². The van der Waals surface area contributed by atoms with Crippen LogP contribution in [0.2, 0.25) is 0 Å². The standard InChI is InChI=1S/C61H102O31/c1-5-6-7-9-27-38(68)40(70)31(19-63)85-54(27)82-23-35-44(74)51(90-55-49(79)46(76)41(71)32(20-64)86-55)53(83-30-17-26(18-62)37(67)45(75)39(30)69)58(89-35)84-29-12-11-28-25(16-24(29)2)10-13-36-60(28,3)14-8-15-61(36,4)59(81)92-57-52(48(78)43(73)34(22-66)88-57)91-56-50(80)47(77)42(72)33(21-65)87-56/h25-58,62-80H,2,5-23H2,1,3-4H3/t25?,26?,27?,28-,29?,30?,31?,32?,33?,34?,35?,36?,37?,38?,39?,40?,41?,42?,43?,44?,45?,46?,47?,48?,49?,50?,51?,52?,53?,54?,55?,56?,57?,58?,60+,61-/m1/s1. The molecule has 5 heterocycles. The van der Waals surface area contributed by atoms with Gasteiger partial charge in [0.15, 0.2) is 31.3 Å². The Morgan fingerprint density at radius 3 is 1.64 bits per heavy atom. The second-order valence-corrected chi connectivity index (χ2v) is 27.6. The van der Waals surface area contributed by atoms with Gasteiger partial charge in [-0.3, -0.25) is 4.79 Å². The maximum absolute atomic E-state index is 15.0. The molecule has 0 amide bonds. The Morgan fingerprint density at radius 1 is 0.511 bits per heavy atom. The molecule has 5 aliphatic heterocycles. The van der Waals surface area contributed by atoms with Crippen molar-refractivity contribution in [3.8, 4) is 0 Å². The first-order chi connectivity index (χ1) is 43.7. The Morgan fingerprint density at radius 2 is 1.05 bits per heavy atom. The molecule has 4 aliphatic carbocycles. The summed E-state index contributed by atoms with van der Waals surface area (Å²) < 4.78 is 68.2. The molecule has 31 nitrogen and oxygen atoms in total. The van der Waals surface area contributed by atoms with Crippen molar-refractivity contribution in [2.45, 2.75) is 282 Å². The molecule has 0 aromatic rings. The van der Waals surface area contributed by atoms with Gasteiger partial charge in [-0.2, -0.15) is 0 Å². The third kappa shape index (κ3) is 14.8. The number of hydrogen-bond donors (Lipinski definition) is 19. The van der Waals surface area contributed by atoms with E-state index in [1.165, 1.54) is 0 Å². The average molecular weight is 1330 g/mol. The van der Waals surface area contributed by atoms with Crippen molar-refractivity contribution in [2.75, 3.05) is 39.6 Å². The summed E-state index contributed by atoms with van der Waals surface area (Å²) in [6.07, 6.45) is -42.9. The van der Waals surface area contributed by atoms with Gasteiger partial charge in [-0.05, 0) is 93.5 Å². The Kier molecular flexibility index (Phi) is 25.4. The minimum atomic E-state index is -2.03. The van der Waals surface area contributed by atoms with E-state index >= 15 is 4.79 Å². The molecule has 9 fully saturated rings. The van der Waals surface area contributed by atoms with Crippen LogP contribution < -0.4 is 0 Å². The number of fused-ring (bicyclic) bond motifs is 3. The Labute approximate surface area is 532 Å². The lowest BCUT2D eigenvalue weighted by Crippen LogP contribution is -2.67. The number of hydrogen-bond acceptors (Lipinski definition) is 31. The number of aliphatic hydroxyl groups excluding tert-OH is 19. The summed E-state index contributed by atoms with van der Waals surface area (Å²) in [5, 5.41) is 206. The number of ether oxygens (including phenoxy) is 11. The summed E-state index contributed by atoms with van der Waals surface area (Å²) in [7, 11) is 0. The van der Waals surface area contributed by atoms with Gasteiger partial charge in [-0.15, -0.1) is 0 Å². The lowest BCUT2D eigenvalue weighted by atomic mass is 9.45. The van der Waals surface area contributed by atoms with Gasteiger partial charge in [0.2, 0.25) is 6.29 Å². The lowest BCUT2D eigenvalue weighted by molar-refractivity contribution is -0.378. The third-order valence-corrected chi connectivity index (χ3v) is 21.9. The van der Waals surface area contributed by atoms with Crippen LogP contribution in [-0.2, 0) is 56.9 Å². The number of rotatable bonds is 22. The number of esters is 1. The fraction of sp³-hybridized carbons (Fsp3) is 0.951. The lowest BCUT2D eigenvalue weighted by Gasteiger charge is -2.59. The van der Waals surface area contributed by atoms with Gasteiger partial charge in [0.25, 0.3) is 0 Å². The van der Waals surface area contributed by atoms with E-state index in [1.54, 1.807) is 6.92 Å². The summed E-state index contributed by atoms with van der Waals surface area (Å²) in [6, 6.07) is 0. The van der Waals surface area contributed by atoms with Crippen LogP contribution in [-0.4, -0.2) is 321 Å². The SMILES string of the molecule is C=C1CC2CCC3[C@](C)(C(=O)OC4OC(CO)C(O)C(O)C4OC4OC(CO)C(O)C(O)C4O)CCC[C@@]3(C)[C@@H]2CCC1OC1OC(COC2OC(CO)C(O)C(O)C2CCCCC)C(O)C(OC2OC(CO)C(O)C(O)C2O)C1OC1CC(CO)C(O)C(O)C1O. The third-order valence-electron chi connectivity index (χ3n) is 21.9. The van der Waals surface area contributed by atoms with E-state index in [9.17, 15) is 97.0 Å². The van der Waals surface area contributed by atoms with Crippen LogP contribution in [0.25, 0.3) is 0 Å². The number of unbranched alkanes of at least 4 members (excludes halogenated alkanes) is 2. The van der Waals surface area contributed by atoms with E-state index in [0.29, 0.717) is 63.4 Å². The molecule has 92 heavy (non-hydrogen) atoms. The zero-order chi connectivity index (χ0) is 67.0. The predicted molar refractivity (Wildman–Crippen MR) is 307 cm³/mol. The smallest absolute Gasteiger partial charge is 0.314 e. The molecular weight excluding hydrogens is 1230 g/mol. The van der Waals surface area contributed by atoms with Crippen molar-refractivity contribution < 1.29 is 154 Å². The van der Waals surface area contributed by atoms with Crippen molar-refractivity contribution in [1.29, 1.82) is 0 Å². The molecule has 4 saturated carbocycles. The molecule has 0 aromatic heterocycles. The monoisotopic (exact) mass is 1330 g/mol. The molecule has 36 atom stereocenters. The van der Waals surface area contributed by atoms with E-state index in [2.05, 4.69) is 13.5 Å². The van der Waals surface area contributed by atoms with Crippen LogP contribution in [0, 0.1) is 40.4 Å². The fourth-order valence-corrected chi connectivity index (χ4v) is 16.4. The second-order valence-electron chi connectivity index (χ2n) is 27.6. The molecular formula is C61H102O31. The van der Waals surface area contributed by atoms with E-state index in [-0.39, 0.29) is 30.6 Å². The van der Waals surface area contributed by atoms with Crippen LogP contribution in [0.15, 0.2) is 12.2 Å². The van der Waals surface area contributed by atoms with Crippen molar-refractivity contribution >= 4 is 5.97 Å². The van der Waals surface area contributed by atoms with E-state index < -0.39 is 246 Å². The van der Waals surface area contributed by atoms with Crippen LogP contribution in [0.3, 0.4) is 0 Å². The van der Waals surface area contributed by atoms with Gasteiger partial charge < -0.3 is 149 Å². The van der Waals surface area contributed by atoms with Crippen LogP contribution in [0.5, 0.6) is 0 Å². The topological polar surface area (TPSA) is 503 Å². The first-order valence-corrected chi connectivity index (χ1v) is 32.7. The Balaban J connectivity index is 0.997. The molecule has 19 N–H and O–H groups in total. The Hall–Kier alpha value is -1.95. The van der Waals surface area contributed by atoms with Crippen molar-refractivity contribution in [2.24, 2.45) is 40.4 Å². The average Bonchev–Trinajstić information content (AvgIpc) is 1.01. The zero-order valence-electron chi connectivity index (χ0n) is 52.2. The van der Waals surface area contributed by atoms with Gasteiger partial charge in [0.05, 0.1) is 62.9 Å². The van der Waals surface area contributed by atoms with Gasteiger partial charge in [-0.1, -0.05) is 46.1 Å². The highest BCUT2D eigenvalue weighted by molar-refractivity contribution is 5.77. The fourth-order valence-electron chi connectivity index (χ4n) is 16.4. The van der Waals surface area contributed by atoms with E-state index in [0.717, 1.165) is 12.8 Å². The van der Waals surface area contributed by atoms with Crippen LogP contribution in [0.4, 0.5) is 0 Å². The summed E-state index contributed by atoms with van der Waals surface area (Å²) in [5.41, 5.74) is -1.23. The van der Waals surface area contributed by atoms with Crippen molar-refractivity contribution in [3.63, 3.8) is 0 Å². The number of aliphatic hydroxyl groups is 19. The summed E-state index contributed by atoms with van der Waals surface area (Å²) in [6.45, 7) is 5.94. The molecule has 0 spiro atoms. The van der Waals surface area contributed by atoms with Crippen LogP contribution >= 0.6 is 0 Å². The maximum Gasteiger partial charge on any atom is 0.314 e. The number of carbonyl (C=O) groups is 1. The summed E-state index contributed by atoms with van der Waals surface area (Å²) >= 11 is 0. The molecule has 532 valence electrons. The van der Waals surface area contributed by atoms with E-state index in [4.69, 9.17) is 52.1 Å². The highest BCUT2D eigenvalue weighted by Gasteiger charge is 2.62. The minimum absolute atomic E-state index is 0.0432. The predicted octanol–water partition coefficient (Wildman–Crippen LogP) is -6.11. The molecule has 0 radical (unpaired) electrons. The summed E-state index contributed by atoms with van der Waals surface area (Å²) in [5.74, 6) is -3.19. The molecule has 5 saturated heterocycles. The van der Waals surface area contributed by atoms with Gasteiger partial charge in [0, 0.05) is 18.4 Å². The largest absolute Gasteiger partial charge is 0.432 e. The van der Waals surface area contributed by atoms with Crippen LogP contribution in [0.1, 0.15) is 104 Å². The van der Waals surface area contributed by atoms with Gasteiger partial charge in [0.1, 0.15) is 116 Å². The molecule has 31 heteroatoms. The highest BCUT2D eigenvalue weighted by Crippen LogP contribution is 2.64. The molecule has 33 unspecified atom stereocenters. The second kappa shape index (κ2) is 31.5. The molecule has 9 rings (SSSR count). The summed E-state index contributed by atoms with van der Waals surface area (Å²) in [4.78, 5) is 15.0. The van der Waals surface area contributed by atoms with Crippen molar-refractivity contribution in [3.05, 3.63) is 12.2 Å². The first kappa shape index (κ1) is 74.3. The van der Waals surface area contributed by atoms with Gasteiger partial charge >= 0.3 is 5.97 Å². The normalized spacial score (nSPS) is 51.1. The molecule has 0 aromatic carbocycles. The van der Waals surface area contributed by atoms with Gasteiger partial charge in [-0.25, -0.2) is 0 Å². The number of carbonyl (C=O) groups excluding carboxylic acids is 1. The molecule has 0 bridgehead atoms. The maximum atomic E-state index is 15.0. The zero-order valence-corrected chi connectivity index (χ0v) is 52.2.